The predicted octanol–water partition coefficient (Wildman–Crippen LogP) is 0.636. The van der Waals surface area contributed by atoms with Gasteiger partial charge in [-0.1, -0.05) is 0 Å². The number of carbonyl (C=O) groups is 1. The van der Waals surface area contributed by atoms with Crippen LogP contribution in [0.25, 0.3) is 4.96 Å². The van der Waals surface area contributed by atoms with Crippen molar-refractivity contribution in [3.8, 4) is 0 Å². The summed E-state index contributed by atoms with van der Waals surface area (Å²) in [5, 5.41) is 4.54. The molecule has 22 heavy (non-hydrogen) atoms. The quantitative estimate of drug-likeness (QED) is 0.864. The molecule has 0 aromatic carbocycles. The number of nitrogens with two attached hydrogens (primary N) is 1. The molecule has 0 unspecified atom stereocenters. The van der Waals surface area contributed by atoms with Crippen molar-refractivity contribution < 1.29 is 4.79 Å². The second kappa shape index (κ2) is 6.45. The number of hydrogen-bond donors (Lipinski definition) is 2. The number of thiazole rings is 1. The van der Waals surface area contributed by atoms with Crippen LogP contribution in [-0.2, 0) is 6.54 Å². The van der Waals surface area contributed by atoms with Crippen LogP contribution in [0.3, 0.4) is 0 Å². The van der Waals surface area contributed by atoms with Gasteiger partial charge in [0.05, 0.1) is 5.69 Å². The average molecular weight is 321 g/mol. The van der Waals surface area contributed by atoms with Crippen molar-refractivity contribution in [2.75, 3.05) is 19.6 Å². The van der Waals surface area contributed by atoms with Gasteiger partial charge in [0, 0.05) is 37.3 Å². The molecule has 1 saturated heterocycles. The summed E-state index contributed by atoms with van der Waals surface area (Å²) in [6.07, 6.45) is 3.90. The first-order valence-electron chi connectivity index (χ1n) is 7.33. The Labute approximate surface area is 131 Å². The van der Waals surface area contributed by atoms with E-state index in [0.29, 0.717) is 19.0 Å². The minimum absolute atomic E-state index is 0.0368. The van der Waals surface area contributed by atoms with Crippen LogP contribution in [0.1, 0.15) is 18.5 Å². The summed E-state index contributed by atoms with van der Waals surface area (Å²) in [4.78, 5) is 30.3. The minimum atomic E-state index is -0.477. The number of hydrogen-bond acceptors (Lipinski definition) is 5. The zero-order valence-corrected chi connectivity index (χ0v) is 13.0. The molecular formula is C14H19N5O2S. The number of nitrogens with zero attached hydrogens (tertiary/aromatic N) is 3. The Morgan fingerprint density at radius 1 is 1.55 bits per heavy atom. The van der Waals surface area contributed by atoms with Crippen LogP contribution in [-0.4, -0.2) is 39.9 Å². The van der Waals surface area contributed by atoms with Crippen molar-refractivity contribution in [3.63, 3.8) is 0 Å². The maximum absolute atomic E-state index is 12.0. The average Bonchev–Trinajstić information content (AvgIpc) is 2.94. The van der Waals surface area contributed by atoms with E-state index in [9.17, 15) is 9.59 Å². The lowest BCUT2D eigenvalue weighted by molar-refractivity contribution is 0.164. The molecule has 0 radical (unpaired) electrons. The lowest BCUT2D eigenvalue weighted by Crippen LogP contribution is -2.42. The molecule has 1 aliphatic rings. The molecule has 0 aliphatic carbocycles. The summed E-state index contributed by atoms with van der Waals surface area (Å²) in [6, 6.07) is 1.13. The molecule has 2 aromatic rings. The molecule has 1 aliphatic heterocycles. The Balaban J connectivity index is 1.66. The Morgan fingerprint density at radius 3 is 3.23 bits per heavy atom. The van der Waals surface area contributed by atoms with Gasteiger partial charge >= 0.3 is 6.03 Å². The van der Waals surface area contributed by atoms with E-state index < -0.39 is 6.03 Å². The molecule has 3 rings (SSSR count). The van der Waals surface area contributed by atoms with Crippen LogP contribution < -0.4 is 16.6 Å². The van der Waals surface area contributed by atoms with Crippen LogP contribution in [0.4, 0.5) is 4.79 Å². The zero-order chi connectivity index (χ0) is 15.5. The van der Waals surface area contributed by atoms with E-state index in [-0.39, 0.29) is 5.56 Å². The molecule has 3 heterocycles. The second-order valence-electron chi connectivity index (χ2n) is 5.63. The number of amides is 2. The number of urea groups is 1. The molecule has 2 aromatic heterocycles. The summed E-state index contributed by atoms with van der Waals surface area (Å²) in [7, 11) is 0. The number of primary amides is 1. The Bertz CT molecular complexity index is 725. The van der Waals surface area contributed by atoms with E-state index in [1.807, 2.05) is 5.38 Å². The number of nitrogens with one attached hydrogen (secondary N) is 1. The van der Waals surface area contributed by atoms with E-state index in [4.69, 9.17) is 5.73 Å². The molecule has 0 bridgehead atoms. The van der Waals surface area contributed by atoms with Gasteiger partial charge in [0.1, 0.15) is 0 Å². The van der Waals surface area contributed by atoms with Gasteiger partial charge in [-0.3, -0.25) is 14.1 Å². The highest BCUT2D eigenvalue weighted by molar-refractivity contribution is 7.15. The van der Waals surface area contributed by atoms with Crippen LogP contribution >= 0.6 is 11.3 Å². The summed E-state index contributed by atoms with van der Waals surface area (Å²) in [6.45, 7) is 3.13. The van der Waals surface area contributed by atoms with Gasteiger partial charge in [0.15, 0.2) is 4.96 Å². The lowest BCUT2D eigenvalue weighted by Gasteiger charge is -2.32. The van der Waals surface area contributed by atoms with Crippen LogP contribution in [0.2, 0.25) is 0 Å². The van der Waals surface area contributed by atoms with Crippen molar-refractivity contribution in [2.45, 2.75) is 19.4 Å². The third-order valence-corrected chi connectivity index (χ3v) is 4.67. The number of likely N-dealkylation sites (tertiary alicyclic amines) is 1. The largest absolute Gasteiger partial charge is 0.352 e. The Hall–Kier alpha value is -1.93. The van der Waals surface area contributed by atoms with Gasteiger partial charge in [-0.05, 0) is 25.3 Å². The lowest BCUT2D eigenvalue weighted by atomic mass is 9.98. The monoisotopic (exact) mass is 321 g/mol. The first kappa shape index (κ1) is 15.0. The molecule has 0 saturated carbocycles. The summed E-state index contributed by atoms with van der Waals surface area (Å²) < 4.78 is 1.56. The summed E-state index contributed by atoms with van der Waals surface area (Å²) in [5.74, 6) is 0.396. The molecule has 8 heteroatoms. The van der Waals surface area contributed by atoms with E-state index >= 15 is 0 Å². The summed E-state index contributed by atoms with van der Waals surface area (Å²) in [5.41, 5.74) is 5.88. The van der Waals surface area contributed by atoms with Gasteiger partial charge in [-0.15, -0.1) is 11.3 Å². The molecular weight excluding hydrogens is 302 g/mol. The molecule has 3 N–H and O–H groups in total. The number of fused-ring (bicyclic) bond motifs is 1. The van der Waals surface area contributed by atoms with E-state index in [1.54, 1.807) is 16.7 Å². The molecule has 0 spiro atoms. The molecule has 118 valence electrons. The van der Waals surface area contributed by atoms with Crippen molar-refractivity contribution in [3.05, 3.63) is 33.7 Å². The number of aromatic nitrogens is 2. The Kier molecular flexibility index (Phi) is 4.39. The van der Waals surface area contributed by atoms with E-state index in [1.165, 1.54) is 11.3 Å². The highest BCUT2D eigenvalue weighted by Crippen LogP contribution is 2.17. The van der Waals surface area contributed by atoms with Crippen LogP contribution in [0.5, 0.6) is 0 Å². The highest BCUT2D eigenvalue weighted by atomic mass is 32.1. The van der Waals surface area contributed by atoms with Gasteiger partial charge in [0.25, 0.3) is 5.56 Å². The predicted molar refractivity (Wildman–Crippen MR) is 84.9 cm³/mol. The smallest absolute Gasteiger partial charge is 0.312 e. The molecule has 2 amide bonds. The SMILES string of the molecule is NC(=O)NC[C@H]1CCCN(Cc2cc(=O)n3ccsc3n2)C1. The third-order valence-electron chi connectivity index (χ3n) is 3.91. The van der Waals surface area contributed by atoms with E-state index in [2.05, 4.69) is 15.2 Å². The first-order valence-corrected chi connectivity index (χ1v) is 8.21. The fraction of sp³-hybridized carbons (Fsp3) is 0.500. The van der Waals surface area contributed by atoms with Crippen molar-refractivity contribution in [1.82, 2.24) is 19.6 Å². The molecule has 1 atom stereocenters. The maximum Gasteiger partial charge on any atom is 0.312 e. The molecule has 7 nitrogen and oxygen atoms in total. The normalized spacial score (nSPS) is 19.4. The number of carbonyl (C=O) groups excluding carboxylic acids is 1. The van der Waals surface area contributed by atoms with E-state index in [0.717, 1.165) is 36.6 Å². The maximum atomic E-state index is 12.0. The fourth-order valence-corrected chi connectivity index (χ4v) is 3.64. The minimum Gasteiger partial charge on any atom is -0.352 e. The molecule has 1 fully saturated rings. The fourth-order valence-electron chi connectivity index (χ4n) is 2.90. The van der Waals surface area contributed by atoms with Crippen molar-refractivity contribution in [2.24, 2.45) is 11.7 Å². The van der Waals surface area contributed by atoms with Crippen molar-refractivity contribution >= 4 is 22.3 Å². The third kappa shape index (κ3) is 3.45. The number of piperidine rings is 1. The topological polar surface area (TPSA) is 92.7 Å². The highest BCUT2D eigenvalue weighted by Gasteiger charge is 2.20. The first-order chi connectivity index (χ1) is 10.6. The second-order valence-corrected chi connectivity index (χ2v) is 6.50. The van der Waals surface area contributed by atoms with Gasteiger partial charge in [-0.25, -0.2) is 9.78 Å². The number of rotatable bonds is 4. The van der Waals surface area contributed by atoms with Gasteiger partial charge < -0.3 is 11.1 Å². The van der Waals surface area contributed by atoms with Crippen molar-refractivity contribution in [1.29, 1.82) is 0 Å². The van der Waals surface area contributed by atoms with Crippen LogP contribution in [0.15, 0.2) is 22.4 Å². The zero-order valence-electron chi connectivity index (χ0n) is 12.2. The summed E-state index contributed by atoms with van der Waals surface area (Å²) >= 11 is 1.46. The Morgan fingerprint density at radius 2 is 2.41 bits per heavy atom. The van der Waals surface area contributed by atoms with Gasteiger partial charge in [-0.2, -0.15) is 0 Å². The van der Waals surface area contributed by atoms with Crippen LogP contribution in [0, 0.1) is 5.92 Å². The van der Waals surface area contributed by atoms with Gasteiger partial charge in [0.2, 0.25) is 0 Å². The standard InChI is InChI=1S/C14H19N5O2S/c15-13(21)16-7-10-2-1-3-18(8-10)9-11-6-12(20)19-4-5-22-14(19)17-11/h4-6,10H,1-3,7-9H2,(H3,15,16,21)/t10-/m1/s1.